The van der Waals surface area contributed by atoms with Gasteiger partial charge in [0.1, 0.15) is 12.3 Å². The SMILES string of the molecule is COc1ccc(-c2cn(-c3ccc(C)cc3)c(NC(=O)CN(Cc3ccccc3)C(=O)CC(C)C)n2)cc1. The van der Waals surface area contributed by atoms with Crippen LogP contribution in [0.3, 0.4) is 0 Å². The number of imidazole rings is 1. The Hall–Kier alpha value is -4.39. The molecule has 7 heteroatoms. The normalized spacial score (nSPS) is 10.9. The molecule has 7 nitrogen and oxygen atoms in total. The van der Waals surface area contributed by atoms with Gasteiger partial charge in [-0.15, -0.1) is 0 Å². The standard InChI is InChI=1S/C31H34N4O3/c1-22(2)18-30(37)34(19-24-8-6-5-7-9-24)21-29(36)33-31-32-28(25-12-16-27(38-4)17-13-25)20-35(31)26-14-10-23(3)11-15-26/h5-17,20,22H,18-19,21H2,1-4H3,(H,32,33,36). The van der Waals surface area contributed by atoms with E-state index in [1.165, 1.54) is 0 Å². The lowest BCUT2D eigenvalue weighted by Crippen LogP contribution is -2.38. The number of carbonyl (C=O) groups excluding carboxylic acids is 2. The molecule has 38 heavy (non-hydrogen) atoms. The van der Waals surface area contributed by atoms with Crippen molar-refractivity contribution in [3.8, 4) is 22.7 Å². The molecule has 0 fully saturated rings. The van der Waals surface area contributed by atoms with Crippen molar-refractivity contribution >= 4 is 17.8 Å². The summed E-state index contributed by atoms with van der Waals surface area (Å²) in [5, 5.41) is 2.96. The average Bonchev–Trinajstić information content (AvgIpc) is 3.32. The maximum absolute atomic E-state index is 13.3. The predicted molar refractivity (Wildman–Crippen MR) is 150 cm³/mol. The molecular formula is C31H34N4O3. The Morgan fingerprint density at radius 2 is 1.66 bits per heavy atom. The fraction of sp³-hybridized carbons (Fsp3) is 0.258. The first kappa shape index (κ1) is 26.7. The Balaban J connectivity index is 1.60. The number of carbonyl (C=O) groups is 2. The average molecular weight is 511 g/mol. The summed E-state index contributed by atoms with van der Waals surface area (Å²) < 4.78 is 7.13. The van der Waals surface area contributed by atoms with Crippen LogP contribution in [0.15, 0.2) is 85.1 Å². The molecule has 0 saturated heterocycles. The lowest BCUT2D eigenvalue weighted by Gasteiger charge is -2.23. The number of amides is 2. The third-order valence-corrected chi connectivity index (χ3v) is 6.14. The molecule has 4 rings (SSSR count). The maximum atomic E-state index is 13.3. The van der Waals surface area contributed by atoms with Gasteiger partial charge in [-0.2, -0.15) is 0 Å². The second-order valence-corrected chi connectivity index (χ2v) is 9.77. The Morgan fingerprint density at radius 3 is 2.29 bits per heavy atom. The van der Waals surface area contributed by atoms with E-state index in [9.17, 15) is 9.59 Å². The molecule has 0 aliphatic carbocycles. The number of hydrogen-bond donors (Lipinski definition) is 1. The molecule has 0 radical (unpaired) electrons. The van der Waals surface area contributed by atoms with E-state index < -0.39 is 0 Å². The number of benzene rings is 3. The zero-order valence-corrected chi connectivity index (χ0v) is 22.3. The molecule has 0 bridgehead atoms. The van der Waals surface area contributed by atoms with Crippen LogP contribution < -0.4 is 10.1 Å². The summed E-state index contributed by atoms with van der Waals surface area (Å²) in [5.74, 6) is 0.972. The van der Waals surface area contributed by atoms with E-state index in [1.807, 2.05) is 110 Å². The first-order chi connectivity index (χ1) is 18.3. The Labute approximate surface area is 224 Å². The smallest absolute Gasteiger partial charge is 0.246 e. The summed E-state index contributed by atoms with van der Waals surface area (Å²) in [5.41, 5.74) is 4.58. The lowest BCUT2D eigenvalue weighted by atomic mass is 10.1. The number of ether oxygens (including phenoxy) is 1. The summed E-state index contributed by atoms with van der Waals surface area (Å²) in [6, 6.07) is 25.3. The molecule has 0 spiro atoms. The first-order valence-electron chi connectivity index (χ1n) is 12.7. The second-order valence-electron chi connectivity index (χ2n) is 9.77. The quantitative estimate of drug-likeness (QED) is 0.290. The van der Waals surface area contributed by atoms with Gasteiger partial charge >= 0.3 is 0 Å². The molecule has 0 aliphatic rings. The third kappa shape index (κ3) is 6.88. The van der Waals surface area contributed by atoms with Gasteiger partial charge in [-0.1, -0.05) is 61.9 Å². The van der Waals surface area contributed by atoms with Crippen molar-refractivity contribution in [1.29, 1.82) is 0 Å². The highest BCUT2D eigenvalue weighted by atomic mass is 16.5. The van der Waals surface area contributed by atoms with E-state index in [0.29, 0.717) is 24.6 Å². The van der Waals surface area contributed by atoms with E-state index in [2.05, 4.69) is 5.32 Å². The molecule has 196 valence electrons. The number of rotatable bonds is 10. The van der Waals surface area contributed by atoms with Crippen molar-refractivity contribution < 1.29 is 14.3 Å². The van der Waals surface area contributed by atoms with Gasteiger partial charge in [0.15, 0.2) is 0 Å². The molecule has 1 heterocycles. The summed E-state index contributed by atoms with van der Waals surface area (Å²) >= 11 is 0. The zero-order valence-electron chi connectivity index (χ0n) is 22.3. The van der Waals surface area contributed by atoms with Gasteiger partial charge < -0.3 is 9.64 Å². The number of nitrogens with zero attached hydrogens (tertiary/aromatic N) is 3. The molecule has 0 saturated carbocycles. The van der Waals surface area contributed by atoms with Crippen molar-refractivity contribution in [2.45, 2.75) is 33.7 Å². The molecule has 4 aromatic rings. The van der Waals surface area contributed by atoms with Gasteiger partial charge in [0, 0.05) is 30.4 Å². The number of aryl methyl sites for hydroxylation is 1. The summed E-state index contributed by atoms with van der Waals surface area (Å²) in [4.78, 5) is 32.7. The van der Waals surface area contributed by atoms with Gasteiger partial charge in [-0.05, 0) is 54.8 Å². The molecule has 3 aromatic carbocycles. The zero-order chi connectivity index (χ0) is 27.1. The number of methoxy groups -OCH3 is 1. The molecular weight excluding hydrogens is 476 g/mol. The van der Waals surface area contributed by atoms with E-state index in [-0.39, 0.29) is 24.3 Å². The van der Waals surface area contributed by atoms with E-state index in [1.54, 1.807) is 12.0 Å². The van der Waals surface area contributed by atoms with Crippen LogP contribution >= 0.6 is 0 Å². The highest BCUT2D eigenvalue weighted by Crippen LogP contribution is 2.26. The summed E-state index contributed by atoms with van der Waals surface area (Å²) in [6.07, 6.45) is 2.27. The van der Waals surface area contributed by atoms with Crippen LogP contribution in [0.2, 0.25) is 0 Å². The van der Waals surface area contributed by atoms with Crippen molar-refractivity contribution in [2.75, 3.05) is 19.0 Å². The van der Waals surface area contributed by atoms with E-state index >= 15 is 0 Å². The van der Waals surface area contributed by atoms with Gasteiger partial charge in [-0.25, -0.2) is 4.98 Å². The highest BCUT2D eigenvalue weighted by molar-refractivity contribution is 5.94. The van der Waals surface area contributed by atoms with Gasteiger partial charge in [-0.3, -0.25) is 19.5 Å². The molecule has 0 atom stereocenters. The molecule has 2 amide bonds. The third-order valence-electron chi connectivity index (χ3n) is 6.14. The molecule has 1 aromatic heterocycles. The van der Waals surface area contributed by atoms with Crippen molar-refractivity contribution in [2.24, 2.45) is 5.92 Å². The lowest BCUT2D eigenvalue weighted by molar-refractivity contribution is -0.136. The number of hydrogen-bond acceptors (Lipinski definition) is 4. The molecule has 1 N–H and O–H groups in total. The largest absolute Gasteiger partial charge is 0.497 e. The van der Waals surface area contributed by atoms with Crippen LogP contribution in [0.5, 0.6) is 5.75 Å². The van der Waals surface area contributed by atoms with Crippen molar-refractivity contribution in [1.82, 2.24) is 14.5 Å². The van der Waals surface area contributed by atoms with Gasteiger partial charge in [0.2, 0.25) is 17.8 Å². The number of nitrogens with one attached hydrogen (secondary N) is 1. The summed E-state index contributed by atoms with van der Waals surface area (Å²) in [6.45, 7) is 6.32. The highest BCUT2D eigenvalue weighted by Gasteiger charge is 2.21. The van der Waals surface area contributed by atoms with Crippen LogP contribution in [0.4, 0.5) is 5.95 Å². The Kier molecular flexibility index (Phi) is 8.58. The van der Waals surface area contributed by atoms with Gasteiger partial charge in [0.05, 0.1) is 12.8 Å². The van der Waals surface area contributed by atoms with Crippen LogP contribution in [0.25, 0.3) is 16.9 Å². The number of anilines is 1. The Bertz CT molecular complexity index is 1360. The second kappa shape index (κ2) is 12.2. The minimum atomic E-state index is -0.307. The van der Waals surface area contributed by atoms with Crippen LogP contribution in [-0.2, 0) is 16.1 Å². The Morgan fingerprint density at radius 1 is 0.974 bits per heavy atom. The summed E-state index contributed by atoms with van der Waals surface area (Å²) in [7, 11) is 1.63. The topological polar surface area (TPSA) is 76.5 Å². The fourth-order valence-corrected chi connectivity index (χ4v) is 4.12. The minimum absolute atomic E-state index is 0.0557. The van der Waals surface area contributed by atoms with Crippen LogP contribution in [0.1, 0.15) is 31.4 Å². The fourth-order valence-electron chi connectivity index (χ4n) is 4.12. The van der Waals surface area contributed by atoms with E-state index in [4.69, 9.17) is 9.72 Å². The minimum Gasteiger partial charge on any atom is -0.497 e. The van der Waals surface area contributed by atoms with Crippen LogP contribution in [-0.4, -0.2) is 39.9 Å². The molecule has 0 unspecified atom stereocenters. The van der Waals surface area contributed by atoms with Crippen molar-refractivity contribution in [3.05, 3.63) is 96.2 Å². The predicted octanol–water partition coefficient (Wildman–Crippen LogP) is 5.87. The number of aromatic nitrogens is 2. The monoisotopic (exact) mass is 510 g/mol. The van der Waals surface area contributed by atoms with Gasteiger partial charge in [0.25, 0.3) is 0 Å². The first-order valence-corrected chi connectivity index (χ1v) is 12.7. The van der Waals surface area contributed by atoms with E-state index in [0.717, 1.165) is 28.1 Å². The van der Waals surface area contributed by atoms with Crippen LogP contribution in [0, 0.1) is 12.8 Å². The maximum Gasteiger partial charge on any atom is 0.246 e. The molecule has 0 aliphatic heterocycles. The van der Waals surface area contributed by atoms with Crippen molar-refractivity contribution in [3.63, 3.8) is 0 Å².